The van der Waals surface area contributed by atoms with E-state index in [1.807, 2.05) is 27.7 Å². The first-order valence-electron chi connectivity index (χ1n) is 7.74. The van der Waals surface area contributed by atoms with Crippen LogP contribution in [0.25, 0.3) is 0 Å². The second-order valence-corrected chi connectivity index (χ2v) is 7.34. The normalized spacial score (nSPS) is 24.0. The zero-order valence-electron chi connectivity index (χ0n) is 14.0. The second-order valence-electron chi connectivity index (χ2n) is 7.34. The molecule has 1 aromatic rings. The molecule has 2 aliphatic heterocycles. The number of carbonyl (C=O) groups is 1. The van der Waals surface area contributed by atoms with Gasteiger partial charge in [0.25, 0.3) is 11.8 Å². The Morgan fingerprint density at radius 1 is 1.12 bits per heavy atom. The summed E-state index contributed by atoms with van der Waals surface area (Å²) in [5, 5.41) is 0. The van der Waals surface area contributed by atoms with Gasteiger partial charge < -0.3 is 14.2 Å². The molecule has 8 heteroatoms. The molecule has 0 atom stereocenters. The quantitative estimate of drug-likeness (QED) is 0.775. The van der Waals surface area contributed by atoms with Crippen molar-refractivity contribution in [2.75, 3.05) is 13.1 Å². The van der Waals surface area contributed by atoms with E-state index in [4.69, 9.17) is 9.31 Å². The summed E-state index contributed by atoms with van der Waals surface area (Å²) < 4.78 is 51.6. The van der Waals surface area contributed by atoms with Gasteiger partial charge in [-0.3, -0.25) is 4.79 Å². The Labute approximate surface area is 139 Å². The highest BCUT2D eigenvalue weighted by Crippen LogP contribution is 2.36. The molecular formula is C16H19BF3NO3. The van der Waals surface area contributed by atoms with Crippen molar-refractivity contribution in [3.8, 4) is 0 Å². The summed E-state index contributed by atoms with van der Waals surface area (Å²) in [5.41, 5.74) is -1.07. The van der Waals surface area contributed by atoms with Crippen molar-refractivity contribution in [1.82, 2.24) is 4.90 Å². The lowest BCUT2D eigenvalue weighted by Crippen LogP contribution is -2.58. The van der Waals surface area contributed by atoms with E-state index in [1.165, 1.54) is 12.1 Å². The van der Waals surface area contributed by atoms with Crippen LogP contribution in [0.5, 0.6) is 0 Å². The Balaban J connectivity index is 1.84. The first kappa shape index (κ1) is 17.3. The third-order valence-corrected chi connectivity index (χ3v) is 4.88. The van der Waals surface area contributed by atoms with Gasteiger partial charge in [0.1, 0.15) is 5.82 Å². The van der Waals surface area contributed by atoms with Gasteiger partial charge in [0.05, 0.1) is 24.3 Å². The van der Waals surface area contributed by atoms with Crippen LogP contribution in [0.15, 0.2) is 18.2 Å². The van der Waals surface area contributed by atoms with Gasteiger partial charge in [-0.15, -0.1) is 0 Å². The summed E-state index contributed by atoms with van der Waals surface area (Å²) in [5.74, 6) is -3.97. The highest BCUT2D eigenvalue weighted by Gasteiger charge is 2.52. The van der Waals surface area contributed by atoms with Crippen molar-refractivity contribution >= 4 is 18.5 Å². The van der Waals surface area contributed by atoms with Crippen molar-refractivity contribution in [3.63, 3.8) is 0 Å². The Bertz CT molecular complexity index is 669. The van der Waals surface area contributed by atoms with Gasteiger partial charge >= 0.3 is 7.12 Å². The van der Waals surface area contributed by atoms with E-state index >= 15 is 0 Å². The van der Waals surface area contributed by atoms with E-state index < -0.39 is 49.1 Å². The first-order chi connectivity index (χ1) is 10.9. The molecule has 1 aromatic carbocycles. The highest BCUT2D eigenvalue weighted by atomic mass is 19.3. The summed E-state index contributed by atoms with van der Waals surface area (Å²) >= 11 is 0. The lowest BCUT2D eigenvalue weighted by molar-refractivity contribution is -0.113. The maximum atomic E-state index is 14.2. The lowest BCUT2D eigenvalue weighted by Gasteiger charge is -2.38. The molecule has 24 heavy (non-hydrogen) atoms. The average Bonchev–Trinajstić information content (AvgIpc) is 2.64. The molecule has 0 aromatic heterocycles. The fraction of sp³-hybridized carbons (Fsp3) is 0.562. The van der Waals surface area contributed by atoms with Crippen molar-refractivity contribution in [2.45, 2.75) is 44.8 Å². The van der Waals surface area contributed by atoms with Gasteiger partial charge in [-0.2, -0.15) is 0 Å². The largest absolute Gasteiger partial charge is 0.497 e. The third kappa shape index (κ3) is 2.82. The molecule has 0 spiro atoms. The van der Waals surface area contributed by atoms with Crippen LogP contribution in [0.4, 0.5) is 13.2 Å². The number of benzene rings is 1. The molecule has 2 heterocycles. The van der Waals surface area contributed by atoms with Crippen LogP contribution in [0.3, 0.4) is 0 Å². The molecule has 2 fully saturated rings. The summed E-state index contributed by atoms with van der Waals surface area (Å²) in [6, 6.07) is 3.73. The Morgan fingerprint density at radius 3 is 2.17 bits per heavy atom. The molecule has 2 aliphatic rings. The number of halogens is 3. The zero-order valence-corrected chi connectivity index (χ0v) is 14.0. The summed E-state index contributed by atoms with van der Waals surface area (Å²) in [4.78, 5) is 13.3. The van der Waals surface area contributed by atoms with E-state index in [2.05, 4.69) is 0 Å². The number of alkyl halides is 2. The van der Waals surface area contributed by atoms with E-state index in [1.54, 1.807) is 0 Å². The molecular weight excluding hydrogens is 322 g/mol. The van der Waals surface area contributed by atoms with Gasteiger partial charge in [0.2, 0.25) is 0 Å². The van der Waals surface area contributed by atoms with Crippen LogP contribution < -0.4 is 5.46 Å². The van der Waals surface area contributed by atoms with Gasteiger partial charge in [0.15, 0.2) is 0 Å². The molecule has 0 saturated carbocycles. The van der Waals surface area contributed by atoms with E-state index in [0.717, 1.165) is 11.0 Å². The lowest BCUT2D eigenvalue weighted by atomic mass is 9.77. The molecule has 3 rings (SSSR count). The minimum atomic E-state index is -2.84. The van der Waals surface area contributed by atoms with Crippen LogP contribution in [-0.2, 0) is 9.31 Å². The topological polar surface area (TPSA) is 38.8 Å². The third-order valence-electron chi connectivity index (χ3n) is 4.88. The highest BCUT2D eigenvalue weighted by molar-refractivity contribution is 6.62. The fourth-order valence-electron chi connectivity index (χ4n) is 2.67. The van der Waals surface area contributed by atoms with Crippen LogP contribution in [0.1, 0.15) is 38.1 Å². The molecule has 2 saturated heterocycles. The summed E-state index contributed by atoms with van der Waals surface area (Å²) in [6.07, 6.45) is 0. The second kappa shape index (κ2) is 5.23. The SMILES string of the molecule is CC1(C)OB(c2cc(C(=O)N3CC(F)(F)C3)ccc2F)OC1(C)C. The first-order valence-corrected chi connectivity index (χ1v) is 7.74. The van der Waals surface area contributed by atoms with Gasteiger partial charge in [-0.1, -0.05) is 0 Å². The van der Waals surface area contributed by atoms with Crippen molar-refractivity contribution in [1.29, 1.82) is 0 Å². The Kier molecular flexibility index (Phi) is 3.77. The summed E-state index contributed by atoms with van der Waals surface area (Å²) in [7, 11) is -0.958. The molecule has 4 nitrogen and oxygen atoms in total. The van der Waals surface area contributed by atoms with E-state index in [-0.39, 0.29) is 11.0 Å². The molecule has 1 amide bonds. The van der Waals surface area contributed by atoms with Gasteiger partial charge in [0, 0.05) is 11.0 Å². The smallest absolute Gasteiger partial charge is 0.399 e. The Morgan fingerprint density at radius 2 is 1.67 bits per heavy atom. The van der Waals surface area contributed by atoms with Gasteiger partial charge in [-0.25, -0.2) is 13.2 Å². The molecule has 0 bridgehead atoms. The minimum Gasteiger partial charge on any atom is -0.399 e. The number of carbonyl (C=O) groups excluding carboxylic acids is 1. The minimum absolute atomic E-state index is 0.0896. The zero-order chi connectivity index (χ0) is 17.9. The molecule has 0 aliphatic carbocycles. The fourth-order valence-corrected chi connectivity index (χ4v) is 2.67. The Hall–Kier alpha value is -1.54. The van der Waals surface area contributed by atoms with Crippen molar-refractivity contribution < 1.29 is 27.3 Å². The maximum Gasteiger partial charge on any atom is 0.497 e. The number of likely N-dealkylation sites (tertiary alicyclic amines) is 1. The number of rotatable bonds is 2. The number of hydrogen-bond acceptors (Lipinski definition) is 3. The van der Waals surface area contributed by atoms with E-state index in [9.17, 15) is 18.0 Å². The molecule has 0 unspecified atom stereocenters. The van der Waals surface area contributed by atoms with Crippen molar-refractivity contribution in [2.24, 2.45) is 0 Å². The van der Waals surface area contributed by atoms with Crippen molar-refractivity contribution in [3.05, 3.63) is 29.6 Å². The predicted octanol–water partition coefficient (Wildman–Crippen LogP) is 2.22. The average molecular weight is 341 g/mol. The number of hydrogen-bond donors (Lipinski definition) is 0. The monoisotopic (exact) mass is 341 g/mol. The predicted molar refractivity (Wildman–Crippen MR) is 83.0 cm³/mol. The van der Waals surface area contributed by atoms with Crippen LogP contribution in [0.2, 0.25) is 0 Å². The number of nitrogens with zero attached hydrogens (tertiary/aromatic N) is 1. The van der Waals surface area contributed by atoms with E-state index in [0.29, 0.717) is 0 Å². The molecule has 0 radical (unpaired) electrons. The maximum absolute atomic E-state index is 14.2. The summed E-state index contributed by atoms with van der Waals surface area (Å²) in [6.45, 7) is 6.11. The standard InChI is InChI=1S/C16H19BF3NO3/c1-14(2)15(3,4)24-17(23-14)11-7-10(5-6-12(11)18)13(22)21-8-16(19,20)9-21/h5-7H,8-9H2,1-4H3. The van der Waals surface area contributed by atoms with Crippen LogP contribution in [0, 0.1) is 5.82 Å². The molecule has 130 valence electrons. The van der Waals surface area contributed by atoms with Crippen LogP contribution >= 0.6 is 0 Å². The van der Waals surface area contributed by atoms with Gasteiger partial charge in [-0.05, 0) is 45.9 Å². The van der Waals surface area contributed by atoms with Crippen LogP contribution in [-0.4, -0.2) is 48.1 Å². The molecule has 0 N–H and O–H groups in total. The number of amides is 1.